The van der Waals surface area contributed by atoms with Crippen molar-refractivity contribution >= 4 is 28.5 Å². The van der Waals surface area contributed by atoms with Crippen LogP contribution in [0.15, 0.2) is 48.5 Å². The lowest BCUT2D eigenvalue weighted by Gasteiger charge is -2.44. The summed E-state index contributed by atoms with van der Waals surface area (Å²) in [6.45, 7) is 6.44. The van der Waals surface area contributed by atoms with Crippen molar-refractivity contribution in [1.29, 1.82) is 0 Å². The van der Waals surface area contributed by atoms with Gasteiger partial charge in [-0.1, -0.05) is 24.3 Å². The molecule has 3 rings (SSSR count). The molecule has 2 aromatic carbocycles. The molecule has 2 aromatic rings. The predicted octanol–water partition coefficient (Wildman–Crippen LogP) is 3.93. The average molecular weight is 482 g/mol. The van der Waals surface area contributed by atoms with Gasteiger partial charge in [-0.25, -0.2) is 4.39 Å². The highest BCUT2D eigenvalue weighted by molar-refractivity contribution is 14.1. The number of para-hydroxylation sites is 1. The first-order valence-corrected chi connectivity index (χ1v) is 10.2. The molecular formula is C21H24FIN2O2. The quantitative estimate of drug-likeness (QED) is 0.606. The van der Waals surface area contributed by atoms with E-state index in [1.807, 2.05) is 41.3 Å². The van der Waals surface area contributed by atoms with Gasteiger partial charge in [0.2, 0.25) is 0 Å². The van der Waals surface area contributed by atoms with E-state index in [1.54, 1.807) is 0 Å². The van der Waals surface area contributed by atoms with Gasteiger partial charge in [0.1, 0.15) is 11.6 Å². The number of hydrogen-bond acceptors (Lipinski definition) is 3. The number of amides is 1. The summed E-state index contributed by atoms with van der Waals surface area (Å²) >= 11 is 2.20. The van der Waals surface area contributed by atoms with Crippen molar-refractivity contribution in [3.05, 3.63) is 63.5 Å². The molecule has 0 spiro atoms. The second-order valence-electron chi connectivity index (χ2n) is 7.02. The number of rotatable bonds is 5. The van der Waals surface area contributed by atoms with Crippen LogP contribution in [-0.2, 0) is 11.3 Å². The molecule has 0 N–H and O–H groups in total. The lowest BCUT2D eigenvalue weighted by atomic mass is 10.1. The summed E-state index contributed by atoms with van der Waals surface area (Å²) in [5.74, 6) is 0.529. The Morgan fingerprint density at radius 2 is 1.81 bits per heavy atom. The maximum Gasteiger partial charge on any atom is 0.260 e. The van der Waals surface area contributed by atoms with Crippen molar-refractivity contribution in [3.8, 4) is 5.75 Å². The lowest BCUT2D eigenvalue weighted by Crippen LogP contribution is -2.58. The number of ether oxygens (including phenoxy) is 1. The molecule has 1 heterocycles. The van der Waals surface area contributed by atoms with Crippen LogP contribution < -0.4 is 4.74 Å². The summed E-state index contributed by atoms with van der Waals surface area (Å²) in [6, 6.07) is 14.6. The summed E-state index contributed by atoms with van der Waals surface area (Å²) in [4.78, 5) is 16.9. The summed E-state index contributed by atoms with van der Waals surface area (Å²) in [6.07, 6.45) is 0. The minimum absolute atomic E-state index is 0.00966. The van der Waals surface area contributed by atoms with Gasteiger partial charge in [0.25, 0.3) is 5.91 Å². The molecule has 0 unspecified atom stereocenters. The molecule has 6 heteroatoms. The number of carbonyl (C=O) groups is 1. The maximum absolute atomic E-state index is 13.1. The zero-order valence-corrected chi connectivity index (χ0v) is 17.7. The molecule has 0 radical (unpaired) electrons. The van der Waals surface area contributed by atoms with E-state index in [1.165, 1.54) is 12.1 Å². The van der Waals surface area contributed by atoms with Gasteiger partial charge < -0.3 is 9.64 Å². The summed E-state index contributed by atoms with van der Waals surface area (Å²) in [5, 5.41) is 0. The molecular weight excluding hydrogens is 458 g/mol. The van der Waals surface area contributed by atoms with Crippen LogP contribution in [0, 0.1) is 9.39 Å². The Morgan fingerprint density at radius 3 is 2.52 bits per heavy atom. The normalized spacial score (nSPS) is 20.5. The van der Waals surface area contributed by atoms with Crippen molar-refractivity contribution in [3.63, 3.8) is 0 Å². The minimum Gasteiger partial charge on any atom is -0.483 e. The summed E-state index contributed by atoms with van der Waals surface area (Å²) < 4.78 is 19.8. The van der Waals surface area contributed by atoms with Gasteiger partial charge in [0.15, 0.2) is 6.61 Å². The molecule has 2 atom stereocenters. The van der Waals surface area contributed by atoms with Crippen molar-refractivity contribution in [1.82, 2.24) is 9.80 Å². The van der Waals surface area contributed by atoms with Crippen molar-refractivity contribution in [2.75, 3.05) is 19.7 Å². The van der Waals surface area contributed by atoms with Crippen molar-refractivity contribution in [2.45, 2.75) is 32.5 Å². The van der Waals surface area contributed by atoms with Gasteiger partial charge >= 0.3 is 0 Å². The first-order chi connectivity index (χ1) is 12.9. The lowest BCUT2D eigenvalue weighted by molar-refractivity contribution is -0.139. The zero-order chi connectivity index (χ0) is 19.4. The van der Waals surface area contributed by atoms with E-state index in [2.05, 4.69) is 41.3 Å². The van der Waals surface area contributed by atoms with Crippen molar-refractivity contribution < 1.29 is 13.9 Å². The monoisotopic (exact) mass is 482 g/mol. The van der Waals surface area contributed by atoms with Crippen LogP contribution in [0.4, 0.5) is 4.39 Å². The molecule has 4 nitrogen and oxygen atoms in total. The third-order valence-electron chi connectivity index (χ3n) is 4.92. The Balaban J connectivity index is 1.56. The number of benzene rings is 2. The van der Waals surface area contributed by atoms with Crippen molar-refractivity contribution in [2.24, 2.45) is 0 Å². The average Bonchev–Trinajstić information content (AvgIpc) is 2.65. The van der Waals surface area contributed by atoms with E-state index in [9.17, 15) is 9.18 Å². The van der Waals surface area contributed by atoms with Crippen LogP contribution in [0.5, 0.6) is 5.75 Å². The smallest absolute Gasteiger partial charge is 0.260 e. The van der Waals surface area contributed by atoms with Crippen LogP contribution in [0.3, 0.4) is 0 Å². The molecule has 0 saturated carbocycles. The fraction of sp³-hybridized carbons (Fsp3) is 0.381. The van der Waals surface area contributed by atoms with Gasteiger partial charge in [-0.15, -0.1) is 0 Å². The summed E-state index contributed by atoms with van der Waals surface area (Å²) in [5.41, 5.74) is 1.08. The van der Waals surface area contributed by atoms with E-state index >= 15 is 0 Å². The van der Waals surface area contributed by atoms with Crippen LogP contribution >= 0.6 is 22.6 Å². The number of carbonyl (C=O) groups excluding carboxylic acids is 1. The molecule has 1 fully saturated rings. The molecule has 1 saturated heterocycles. The molecule has 1 aliphatic heterocycles. The Labute approximate surface area is 173 Å². The standard InChI is InChI=1S/C21H24FIN2O2/c1-15-12-25(21(26)14-27-20-6-4-3-5-19(20)23)16(2)11-24(15)13-17-7-9-18(22)10-8-17/h3-10,15-16H,11-14H2,1-2H3/t15-,16+/m1/s1. The molecule has 1 amide bonds. The van der Waals surface area contributed by atoms with Gasteiger partial charge in [-0.05, 0) is 66.3 Å². The highest BCUT2D eigenvalue weighted by Gasteiger charge is 2.32. The fourth-order valence-electron chi connectivity index (χ4n) is 3.37. The van der Waals surface area contributed by atoms with E-state index in [-0.39, 0.29) is 30.4 Å². The SMILES string of the molecule is C[C@@H]1CN(C(=O)COc2ccccc2I)[C@@H](C)CN1Cc1ccc(F)cc1. The molecule has 27 heavy (non-hydrogen) atoms. The first-order valence-electron chi connectivity index (χ1n) is 9.09. The predicted molar refractivity (Wildman–Crippen MR) is 112 cm³/mol. The topological polar surface area (TPSA) is 32.8 Å². The van der Waals surface area contributed by atoms with Gasteiger partial charge in [-0.3, -0.25) is 9.69 Å². The van der Waals surface area contributed by atoms with E-state index < -0.39 is 0 Å². The number of nitrogens with zero attached hydrogens (tertiary/aromatic N) is 2. The molecule has 1 aliphatic rings. The molecule has 0 aliphatic carbocycles. The van der Waals surface area contributed by atoms with Gasteiger partial charge in [0.05, 0.1) is 3.57 Å². The Hall–Kier alpha value is -1.67. The third kappa shape index (κ3) is 5.19. The second kappa shape index (κ2) is 9.01. The van der Waals surface area contributed by atoms with E-state index in [4.69, 9.17) is 4.74 Å². The first kappa shape index (κ1) is 20.1. The van der Waals surface area contributed by atoms with Crippen LogP contribution in [-0.4, -0.2) is 47.5 Å². The number of halogens is 2. The van der Waals surface area contributed by atoms with Crippen LogP contribution in [0.1, 0.15) is 19.4 Å². The van der Waals surface area contributed by atoms with E-state index in [0.717, 1.165) is 28.0 Å². The third-order valence-corrected chi connectivity index (χ3v) is 5.81. The maximum atomic E-state index is 13.1. The molecule has 0 bridgehead atoms. The minimum atomic E-state index is -0.219. The van der Waals surface area contributed by atoms with Crippen LogP contribution in [0.2, 0.25) is 0 Å². The largest absolute Gasteiger partial charge is 0.483 e. The fourth-order valence-corrected chi connectivity index (χ4v) is 3.92. The number of hydrogen-bond donors (Lipinski definition) is 0. The Kier molecular flexibility index (Phi) is 6.70. The zero-order valence-electron chi connectivity index (χ0n) is 15.6. The summed E-state index contributed by atoms with van der Waals surface area (Å²) in [7, 11) is 0. The Bertz CT molecular complexity index is 784. The van der Waals surface area contributed by atoms with Crippen LogP contribution in [0.25, 0.3) is 0 Å². The molecule has 144 valence electrons. The Morgan fingerprint density at radius 1 is 1.11 bits per heavy atom. The highest BCUT2D eigenvalue weighted by Crippen LogP contribution is 2.21. The second-order valence-corrected chi connectivity index (χ2v) is 8.18. The van der Waals surface area contributed by atoms with E-state index in [0.29, 0.717) is 6.54 Å². The number of piperazine rings is 1. The highest BCUT2D eigenvalue weighted by atomic mass is 127. The van der Waals surface area contributed by atoms with Gasteiger partial charge in [0, 0.05) is 31.7 Å². The molecule has 0 aromatic heterocycles. The van der Waals surface area contributed by atoms with Gasteiger partial charge in [-0.2, -0.15) is 0 Å².